The molecule has 0 aliphatic heterocycles. The molecular weight excluding hydrogens is 298 g/mol. The molecule has 3 aromatic rings. The summed E-state index contributed by atoms with van der Waals surface area (Å²) in [5.74, 6) is 0.538. The van der Waals surface area contributed by atoms with Crippen LogP contribution in [0.2, 0.25) is 0 Å². The first-order chi connectivity index (χ1) is 11.0. The highest BCUT2D eigenvalue weighted by Crippen LogP contribution is 2.35. The van der Waals surface area contributed by atoms with E-state index in [1.165, 1.54) is 18.2 Å². The van der Waals surface area contributed by atoms with Gasteiger partial charge in [0, 0.05) is 23.1 Å². The summed E-state index contributed by atoms with van der Waals surface area (Å²) in [5, 5.41) is 11.9. The van der Waals surface area contributed by atoms with Crippen LogP contribution < -0.4 is 10.4 Å². The third kappa shape index (κ3) is 2.66. The summed E-state index contributed by atoms with van der Waals surface area (Å²) in [6.07, 6.45) is 0. The van der Waals surface area contributed by atoms with Crippen molar-refractivity contribution < 1.29 is 14.1 Å². The lowest BCUT2D eigenvalue weighted by molar-refractivity contribution is -0.385. The molecule has 0 fully saturated rings. The number of aryl methyl sites for hydroxylation is 2. The Bertz CT molecular complexity index is 974. The molecule has 6 nitrogen and oxygen atoms in total. The number of hydrogen-bond acceptors (Lipinski definition) is 5. The highest BCUT2D eigenvalue weighted by molar-refractivity contribution is 5.84. The van der Waals surface area contributed by atoms with Crippen LogP contribution in [0.5, 0.6) is 11.5 Å². The molecule has 1 heterocycles. The Balaban J connectivity index is 2.14. The number of rotatable bonds is 3. The topological polar surface area (TPSA) is 82.6 Å². The van der Waals surface area contributed by atoms with Crippen LogP contribution in [0.15, 0.2) is 51.7 Å². The van der Waals surface area contributed by atoms with E-state index in [1.807, 2.05) is 6.92 Å². The average molecular weight is 311 g/mol. The van der Waals surface area contributed by atoms with Crippen LogP contribution in [0.3, 0.4) is 0 Å². The molecule has 6 heteroatoms. The van der Waals surface area contributed by atoms with E-state index >= 15 is 0 Å². The molecule has 0 aliphatic carbocycles. The lowest BCUT2D eigenvalue weighted by atomic mass is 10.1. The van der Waals surface area contributed by atoms with Crippen LogP contribution in [0.1, 0.15) is 11.1 Å². The molecule has 0 saturated heterocycles. The van der Waals surface area contributed by atoms with Crippen molar-refractivity contribution in [2.75, 3.05) is 0 Å². The normalized spacial score (nSPS) is 10.7. The van der Waals surface area contributed by atoms with E-state index in [0.717, 1.165) is 10.9 Å². The molecule has 0 atom stereocenters. The summed E-state index contributed by atoms with van der Waals surface area (Å²) in [6.45, 7) is 3.57. The summed E-state index contributed by atoms with van der Waals surface area (Å²) in [7, 11) is 0. The van der Waals surface area contributed by atoms with E-state index in [1.54, 1.807) is 31.2 Å². The minimum absolute atomic E-state index is 0.127. The molecule has 0 spiro atoms. The van der Waals surface area contributed by atoms with E-state index in [9.17, 15) is 14.9 Å². The third-order valence-electron chi connectivity index (χ3n) is 3.60. The monoisotopic (exact) mass is 311 g/mol. The fourth-order valence-electron chi connectivity index (χ4n) is 2.42. The van der Waals surface area contributed by atoms with Gasteiger partial charge in [-0.15, -0.1) is 0 Å². The Morgan fingerprint density at radius 2 is 1.83 bits per heavy atom. The van der Waals surface area contributed by atoms with Crippen molar-refractivity contribution in [1.82, 2.24) is 0 Å². The molecule has 0 saturated carbocycles. The maximum atomic E-state index is 11.6. The fourth-order valence-corrected chi connectivity index (χ4v) is 2.42. The minimum Gasteiger partial charge on any atom is -0.450 e. The second-order valence-electron chi connectivity index (χ2n) is 5.14. The molecule has 2 aromatic carbocycles. The van der Waals surface area contributed by atoms with Crippen LogP contribution >= 0.6 is 0 Å². The maximum Gasteiger partial charge on any atom is 0.336 e. The molecule has 0 bridgehead atoms. The Kier molecular flexibility index (Phi) is 3.57. The van der Waals surface area contributed by atoms with Crippen molar-refractivity contribution in [3.8, 4) is 11.5 Å². The Morgan fingerprint density at radius 3 is 2.57 bits per heavy atom. The van der Waals surface area contributed by atoms with E-state index in [0.29, 0.717) is 16.9 Å². The highest BCUT2D eigenvalue weighted by atomic mass is 16.6. The quantitative estimate of drug-likeness (QED) is 0.413. The molecular formula is C17H13NO5. The number of fused-ring (bicyclic) bond motifs is 1. The average Bonchev–Trinajstić information content (AvgIpc) is 2.51. The molecule has 0 unspecified atom stereocenters. The molecule has 0 amide bonds. The second-order valence-corrected chi connectivity index (χ2v) is 5.14. The first-order valence-electron chi connectivity index (χ1n) is 6.92. The number of para-hydroxylation sites is 2. The fraction of sp³-hybridized carbons (Fsp3) is 0.118. The van der Waals surface area contributed by atoms with Crippen molar-refractivity contribution in [3.63, 3.8) is 0 Å². The van der Waals surface area contributed by atoms with Gasteiger partial charge in [0.1, 0.15) is 11.3 Å². The van der Waals surface area contributed by atoms with Crippen molar-refractivity contribution >= 4 is 16.7 Å². The van der Waals surface area contributed by atoms with Gasteiger partial charge in [0.25, 0.3) is 0 Å². The van der Waals surface area contributed by atoms with Gasteiger partial charge in [0.15, 0.2) is 0 Å². The van der Waals surface area contributed by atoms with Crippen LogP contribution in [0.4, 0.5) is 5.69 Å². The Morgan fingerprint density at radius 1 is 1.09 bits per heavy atom. The first-order valence-corrected chi connectivity index (χ1v) is 6.92. The predicted molar refractivity (Wildman–Crippen MR) is 85.1 cm³/mol. The number of benzene rings is 2. The summed E-state index contributed by atoms with van der Waals surface area (Å²) in [6, 6.07) is 11.0. The van der Waals surface area contributed by atoms with Gasteiger partial charge in [-0.3, -0.25) is 10.1 Å². The largest absolute Gasteiger partial charge is 0.450 e. The Hall–Kier alpha value is -3.15. The van der Waals surface area contributed by atoms with Gasteiger partial charge in [0.2, 0.25) is 5.75 Å². The van der Waals surface area contributed by atoms with Crippen LogP contribution in [-0.2, 0) is 0 Å². The van der Waals surface area contributed by atoms with Gasteiger partial charge < -0.3 is 9.15 Å². The Labute approximate surface area is 131 Å². The smallest absolute Gasteiger partial charge is 0.336 e. The molecule has 1 aromatic heterocycles. The van der Waals surface area contributed by atoms with E-state index in [2.05, 4.69) is 0 Å². The zero-order valence-electron chi connectivity index (χ0n) is 12.5. The van der Waals surface area contributed by atoms with Gasteiger partial charge in [-0.05, 0) is 37.6 Å². The number of nitrogens with zero attached hydrogens (tertiary/aromatic N) is 1. The lowest BCUT2D eigenvalue weighted by Gasteiger charge is -2.11. The van der Waals surface area contributed by atoms with Crippen LogP contribution in [0.25, 0.3) is 11.0 Å². The minimum atomic E-state index is -0.504. The zero-order valence-corrected chi connectivity index (χ0v) is 12.5. The highest BCUT2D eigenvalue weighted by Gasteiger charge is 2.17. The second kappa shape index (κ2) is 5.57. The van der Waals surface area contributed by atoms with Crippen LogP contribution in [-0.4, -0.2) is 4.92 Å². The first kappa shape index (κ1) is 14.8. The summed E-state index contributed by atoms with van der Waals surface area (Å²) >= 11 is 0. The van der Waals surface area contributed by atoms with Gasteiger partial charge in [-0.25, -0.2) is 4.79 Å². The molecule has 23 heavy (non-hydrogen) atoms. The van der Waals surface area contributed by atoms with Crippen molar-refractivity contribution in [2.45, 2.75) is 13.8 Å². The van der Waals surface area contributed by atoms with Gasteiger partial charge in [-0.2, -0.15) is 0 Å². The molecule has 0 N–H and O–H groups in total. The zero-order chi connectivity index (χ0) is 16.6. The van der Waals surface area contributed by atoms with E-state index in [-0.39, 0.29) is 11.4 Å². The van der Waals surface area contributed by atoms with E-state index < -0.39 is 10.5 Å². The number of nitro groups is 1. The predicted octanol–water partition coefficient (Wildman–Crippen LogP) is 4.11. The molecule has 0 aliphatic rings. The van der Waals surface area contributed by atoms with Crippen molar-refractivity contribution in [2.24, 2.45) is 0 Å². The lowest BCUT2D eigenvalue weighted by Crippen LogP contribution is -2.00. The number of nitro benzene ring substituents is 1. The van der Waals surface area contributed by atoms with Crippen molar-refractivity contribution in [3.05, 3.63) is 74.1 Å². The van der Waals surface area contributed by atoms with Gasteiger partial charge >= 0.3 is 11.3 Å². The van der Waals surface area contributed by atoms with Gasteiger partial charge in [0.05, 0.1) is 4.92 Å². The van der Waals surface area contributed by atoms with E-state index in [4.69, 9.17) is 9.15 Å². The molecule has 0 radical (unpaired) electrons. The maximum absolute atomic E-state index is 11.6. The summed E-state index contributed by atoms with van der Waals surface area (Å²) < 4.78 is 10.9. The summed E-state index contributed by atoms with van der Waals surface area (Å²) in [5.41, 5.74) is 1.27. The third-order valence-corrected chi connectivity index (χ3v) is 3.60. The molecule has 116 valence electrons. The molecule has 3 rings (SSSR count). The van der Waals surface area contributed by atoms with Gasteiger partial charge in [-0.1, -0.05) is 12.1 Å². The number of ether oxygens (including phenoxy) is 1. The standard InChI is InChI=1S/C17H13NO5/c1-10-9-16(19)23-17-11(2)14(8-7-12(10)17)22-15-6-4-3-5-13(15)18(20)21/h3-9H,1-2H3. The summed E-state index contributed by atoms with van der Waals surface area (Å²) in [4.78, 5) is 22.1. The van der Waals surface area contributed by atoms with Crippen LogP contribution in [0, 0.1) is 24.0 Å². The van der Waals surface area contributed by atoms with Crippen molar-refractivity contribution in [1.29, 1.82) is 0 Å². The SMILES string of the molecule is Cc1cc(=O)oc2c(C)c(Oc3ccccc3[N+](=O)[O-])ccc12. The number of hydrogen-bond donors (Lipinski definition) is 0.